The minimum Gasteiger partial charge on any atom is -0.349 e. The SMILES string of the molecule is CC.Cc1nccc2[nH]c(=O)c(CC(=O)N[C@@H](C)c3ccc(F)cc3F)c(C)c12.[HH].[HH]. The number of aromatic nitrogens is 2. The van der Waals surface area contributed by atoms with Crippen molar-refractivity contribution in [2.75, 3.05) is 0 Å². The highest BCUT2D eigenvalue weighted by molar-refractivity contribution is 5.87. The fourth-order valence-electron chi connectivity index (χ4n) is 3.26. The van der Waals surface area contributed by atoms with E-state index in [1.165, 1.54) is 6.07 Å². The van der Waals surface area contributed by atoms with E-state index in [1.807, 2.05) is 20.8 Å². The van der Waals surface area contributed by atoms with Crippen LogP contribution in [-0.4, -0.2) is 15.9 Å². The number of carbonyl (C=O) groups excluding carboxylic acids is 1. The molecule has 5 nitrogen and oxygen atoms in total. The van der Waals surface area contributed by atoms with E-state index >= 15 is 0 Å². The Balaban J connectivity index is 0.00000219. The van der Waals surface area contributed by atoms with Crippen LogP contribution in [0.4, 0.5) is 8.78 Å². The van der Waals surface area contributed by atoms with Crippen molar-refractivity contribution in [1.82, 2.24) is 15.3 Å². The highest BCUT2D eigenvalue weighted by Gasteiger charge is 2.18. The number of hydrogen-bond donors (Lipinski definition) is 2. The van der Waals surface area contributed by atoms with Crippen LogP contribution in [0.25, 0.3) is 10.9 Å². The van der Waals surface area contributed by atoms with Gasteiger partial charge in [-0.2, -0.15) is 0 Å². The minimum atomic E-state index is -0.732. The quantitative estimate of drug-likeness (QED) is 0.657. The molecule has 0 saturated carbocycles. The molecule has 158 valence electrons. The number of fused-ring (bicyclic) bond motifs is 1. The number of benzene rings is 1. The smallest absolute Gasteiger partial charge is 0.252 e. The van der Waals surface area contributed by atoms with Gasteiger partial charge in [0.05, 0.1) is 18.0 Å². The molecule has 0 bridgehead atoms. The Hall–Kier alpha value is -3.09. The van der Waals surface area contributed by atoms with Crippen molar-refractivity contribution in [3.05, 3.63) is 74.8 Å². The molecule has 1 aromatic carbocycles. The molecule has 0 fully saturated rings. The molecule has 2 aromatic heterocycles. The van der Waals surface area contributed by atoms with Crippen molar-refractivity contribution in [2.24, 2.45) is 0 Å². The number of halogens is 2. The van der Waals surface area contributed by atoms with Crippen LogP contribution in [0, 0.1) is 25.5 Å². The fraction of sp³-hybridized carbons (Fsp3) is 0.318. The van der Waals surface area contributed by atoms with Gasteiger partial charge < -0.3 is 10.3 Å². The zero-order valence-corrected chi connectivity index (χ0v) is 17.2. The van der Waals surface area contributed by atoms with E-state index < -0.39 is 23.6 Å². The summed E-state index contributed by atoms with van der Waals surface area (Å²) in [6.07, 6.45) is 1.46. The first-order valence-corrected chi connectivity index (χ1v) is 9.49. The van der Waals surface area contributed by atoms with Crippen LogP contribution in [0.2, 0.25) is 0 Å². The summed E-state index contributed by atoms with van der Waals surface area (Å²) in [5.74, 6) is -1.85. The molecule has 0 saturated heterocycles. The highest BCUT2D eigenvalue weighted by atomic mass is 19.1. The first kappa shape index (κ1) is 22.2. The van der Waals surface area contributed by atoms with Crippen LogP contribution >= 0.6 is 0 Å². The van der Waals surface area contributed by atoms with Crippen molar-refractivity contribution < 1.29 is 16.4 Å². The molecular weight excluding hydrogens is 376 g/mol. The molecule has 2 N–H and O–H groups in total. The molecule has 0 aliphatic heterocycles. The molecule has 7 heteroatoms. The fourth-order valence-corrected chi connectivity index (χ4v) is 3.26. The van der Waals surface area contributed by atoms with Crippen LogP contribution in [0.5, 0.6) is 0 Å². The average molecular weight is 405 g/mol. The maximum atomic E-state index is 13.9. The van der Waals surface area contributed by atoms with Gasteiger partial charge in [0.2, 0.25) is 5.91 Å². The standard InChI is InChI=1S/C20H19F2N3O2.C2H6.2H2/c1-10-15(20(27)25-17-6-7-23-12(3)19(10)17)9-18(26)24-11(2)14-5-4-13(21)8-16(14)22;1-2;;/h4-8,11H,9H2,1-3H3,(H,24,26)(H,25,27);1-2H3;2*1H/t11-;;;/m0.../s1. The van der Waals surface area contributed by atoms with Crippen LogP contribution < -0.4 is 10.9 Å². The highest BCUT2D eigenvalue weighted by Crippen LogP contribution is 2.21. The van der Waals surface area contributed by atoms with Crippen molar-refractivity contribution in [1.29, 1.82) is 0 Å². The summed E-state index contributed by atoms with van der Waals surface area (Å²) in [6, 6.07) is 4.24. The van der Waals surface area contributed by atoms with Gasteiger partial charge in [-0.25, -0.2) is 8.78 Å². The molecule has 0 radical (unpaired) electrons. The summed E-state index contributed by atoms with van der Waals surface area (Å²) in [5, 5.41) is 3.46. The topological polar surface area (TPSA) is 74.8 Å². The largest absolute Gasteiger partial charge is 0.349 e. The molecular formula is C22H29F2N3O2. The van der Waals surface area contributed by atoms with E-state index in [9.17, 15) is 18.4 Å². The van der Waals surface area contributed by atoms with Gasteiger partial charge in [-0.05, 0) is 38.5 Å². The van der Waals surface area contributed by atoms with E-state index in [-0.39, 0.29) is 20.4 Å². The maximum Gasteiger partial charge on any atom is 0.252 e. The van der Waals surface area contributed by atoms with Crippen molar-refractivity contribution in [3.8, 4) is 0 Å². The lowest BCUT2D eigenvalue weighted by molar-refractivity contribution is -0.121. The van der Waals surface area contributed by atoms with Crippen LogP contribution in [0.15, 0.2) is 35.3 Å². The van der Waals surface area contributed by atoms with Gasteiger partial charge in [0.25, 0.3) is 5.56 Å². The molecule has 0 aliphatic rings. The second kappa shape index (κ2) is 9.41. The molecule has 0 aliphatic carbocycles. The Labute approximate surface area is 171 Å². The van der Waals surface area contributed by atoms with E-state index in [1.54, 1.807) is 26.1 Å². The van der Waals surface area contributed by atoms with Crippen LogP contribution in [0.3, 0.4) is 0 Å². The molecule has 3 rings (SSSR count). The van der Waals surface area contributed by atoms with Crippen LogP contribution in [-0.2, 0) is 11.2 Å². The Morgan fingerprint density at radius 3 is 2.59 bits per heavy atom. The van der Waals surface area contributed by atoms with Gasteiger partial charge in [-0.1, -0.05) is 19.9 Å². The normalized spacial score (nSPS) is 11.6. The number of amides is 1. The Morgan fingerprint density at radius 1 is 1.24 bits per heavy atom. The summed E-state index contributed by atoms with van der Waals surface area (Å²) < 4.78 is 26.9. The number of hydrogen-bond acceptors (Lipinski definition) is 3. The van der Waals surface area contributed by atoms with E-state index in [0.29, 0.717) is 16.6 Å². The van der Waals surface area contributed by atoms with Crippen molar-refractivity contribution >= 4 is 16.8 Å². The molecule has 29 heavy (non-hydrogen) atoms. The first-order chi connectivity index (χ1) is 13.8. The lowest BCUT2D eigenvalue weighted by Gasteiger charge is -2.16. The van der Waals surface area contributed by atoms with Crippen LogP contribution in [0.1, 0.15) is 52.1 Å². The lowest BCUT2D eigenvalue weighted by atomic mass is 10.0. The number of aryl methyl sites for hydroxylation is 2. The summed E-state index contributed by atoms with van der Waals surface area (Å²) in [6.45, 7) is 9.20. The van der Waals surface area contributed by atoms with Gasteiger partial charge in [-0.15, -0.1) is 0 Å². The van der Waals surface area contributed by atoms with Gasteiger partial charge in [0.15, 0.2) is 0 Å². The molecule has 2 heterocycles. The van der Waals surface area contributed by atoms with Gasteiger partial charge >= 0.3 is 0 Å². The molecule has 1 atom stereocenters. The van der Waals surface area contributed by atoms with E-state index in [4.69, 9.17) is 0 Å². The summed E-state index contributed by atoms with van der Waals surface area (Å²) in [5.41, 5.74) is 2.27. The number of rotatable bonds is 4. The number of H-pyrrole nitrogens is 1. The van der Waals surface area contributed by atoms with Gasteiger partial charge in [0, 0.05) is 37.3 Å². The first-order valence-electron chi connectivity index (χ1n) is 9.49. The van der Waals surface area contributed by atoms with E-state index in [2.05, 4.69) is 15.3 Å². The predicted molar refractivity (Wildman–Crippen MR) is 114 cm³/mol. The second-order valence-electron chi connectivity index (χ2n) is 6.51. The Kier molecular flexibility index (Phi) is 7.20. The molecule has 3 aromatic rings. The third-order valence-corrected chi connectivity index (χ3v) is 4.63. The van der Waals surface area contributed by atoms with Gasteiger partial charge in [-0.3, -0.25) is 14.6 Å². The number of nitrogens with one attached hydrogen (secondary N) is 2. The lowest BCUT2D eigenvalue weighted by Crippen LogP contribution is -2.31. The molecule has 1 amide bonds. The second-order valence-corrected chi connectivity index (χ2v) is 6.51. The minimum absolute atomic E-state index is 0. The molecule has 0 unspecified atom stereocenters. The summed E-state index contributed by atoms with van der Waals surface area (Å²) >= 11 is 0. The molecule has 0 spiro atoms. The monoisotopic (exact) mass is 405 g/mol. The van der Waals surface area contributed by atoms with E-state index in [0.717, 1.165) is 23.2 Å². The Morgan fingerprint density at radius 2 is 1.93 bits per heavy atom. The zero-order chi connectivity index (χ0) is 21.7. The zero-order valence-electron chi connectivity index (χ0n) is 17.2. The predicted octanol–water partition coefficient (Wildman–Crippen LogP) is 4.76. The average Bonchev–Trinajstić information content (AvgIpc) is 2.66. The number of aromatic amines is 1. The van der Waals surface area contributed by atoms with Crippen molar-refractivity contribution in [2.45, 2.75) is 47.1 Å². The summed E-state index contributed by atoms with van der Waals surface area (Å²) in [7, 11) is 0. The number of nitrogens with zero attached hydrogens (tertiary/aromatic N) is 1. The maximum absolute atomic E-state index is 13.9. The summed E-state index contributed by atoms with van der Waals surface area (Å²) in [4.78, 5) is 31.8. The third kappa shape index (κ3) is 4.85. The third-order valence-electron chi connectivity index (χ3n) is 4.63. The number of carbonyl (C=O) groups is 1. The van der Waals surface area contributed by atoms with Crippen molar-refractivity contribution in [3.63, 3.8) is 0 Å². The Bertz CT molecular complexity index is 1100. The number of pyridine rings is 2. The van der Waals surface area contributed by atoms with Gasteiger partial charge in [0.1, 0.15) is 11.6 Å².